The Kier molecular flexibility index (Phi) is 5.73. The van der Waals surface area contributed by atoms with Gasteiger partial charge < -0.3 is 0 Å². The van der Waals surface area contributed by atoms with Gasteiger partial charge in [0, 0.05) is 9.92 Å². The van der Waals surface area contributed by atoms with E-state index in [1.165, 1.54) is 11.8 Å². The molecule has 0 saturated heterocycles. The maximum atomic E-state index is 12.3. The largest absolute Gasteiger partial charge is 0.292 e. The summed E-state index contributed by atoms with van der Waals surface area (Å²) in [7, 11) is 0. The van der Waals surface area contributed by atoms with Gasteiger partial charge in [-0.15, -0.1) is 16.9 Å². The van der Waals surface area contributed by atoms with Crippen LogP contribution in [0.25, 0.3) is 0 Å². The summed E-state index contributed by atoms with van der Waals surface area (Å²) < 4.78 is 1.70. The predicted molar refractivity (Wildman–Crippen MR) is 101 cm³/mol. The molecule has 0 spiro atoms. The molecule has 1 aromatic heterocycles. The molecule has 1 unspecified atom stereocenters. The number of aromatic nitrogens is 3. The Morgan fingerprint density at radius 3 is 2.64 bits per heavy atom. The van der Waals surface area contributed by atoms with Crippen LogP contribution in [0.2, 0.25) is 5.02 Å². The van der Waals surface area contributed by atoms with Crippen LogP contribution < -0.4 is 5.32 Å². The summed E-state index contributed by atoms with van der Waals surface area (Å²) in [5.74, 6) is 0.168. The quantitative estimate of drug-likeness (QED) is 0.662. The van der Waals surface area contributed by atoms with Crippen molar-refractivity contribution in [2.75, 3.05) is 5.32 Å². The number of rotatable bonds is 6. The van der Waals surface area contributed by atoms with Crippen molar-refractivity contribution in [3.8, 4) is 0 Å². The number of halogens is 1. The summed E-state index contributed by atoms with van der Waals surface area (Å²) in [5, 5.41) is 7.44. The van der Waals surface area contributed by atoms with E-state index in [0.29, 0.717) is 17.5 Å². The highest BCUT2D eigenvalue weighted by molar-refractivity contribution is 8.00. The van der Waals surface area contributed by atoms with E-state index < -0.39 is 0 Å². The second kappa shape index (κ2) is 8.18. The molecule has 0 radical (unpaired) electrons. The van der Waals surface area contributed by atoms with E-state index in [-0.39, 0.29) is 11.2 Å². The summed E-state index contributed by atoms with van der Waals surface area (Å²) in [6, 6.07) is 17.4. The van der Waals surface area contributed by atoms with Gasteiger partial charge in [-0.3, -0.25) is 10.1 Å². The number of hydrogen-bond donors (Lipinski definition) is 1. The van der Waals surface area contributed by atoms with Crippen LogP contribution in [0.4, 0.5) is 5.95 Å². The number of carbonyl (C=O) groups is 1. The minimum atomic E-state index is -0.276. The van der Waals surface area contributed by atoms with Crippen LogP contribution >= 0.6 is 23.4 Å². The number of hydrogen-bond acceptors (Lipinski definition) is 4. The maximum absolute atomic E-state index is 12.3. The van der Waals surface area contributed by atoms with Crippen LogP contribution in [0.3, 0.4) is 0 Å². The molecule has 3 rings (SSSR count). The number of nitrogens with one attached hydrogen (secondary N) is 1. The molecule has 5 nitrogen and oxygen atoms in total. The Labute approximate surface area is 155 Å². The molecule has 1 amide bonds. The molecule has 0 bridgehead atoms. The van der Waals surface area contributed by atoms with Crippen molar-refractivity contribution < 1.29 is 4.79 Å². The molecular formula is C18H17ClN4OS. The van der Waals surface area contributed by atoms with Crippen molar-refractivity contribution in [2.45, 2.75) is 23.6 Å². The monoisotopic (exact) mass is 372 g/mol. The molecule has 7 heteroatoms. The van der Waals surface area contributed by atoms with Gasteiger partial charge in [-0.05, 0) is 36.8 Å². The van der Waals surface area contributed by atoms with Gasteiger partial charge in [-0.25, -0.2) is 9.67 Å². The second-order valence-electron chi connectivity index (χ2n) is 5.45. The number of carbonyl (C=O) groups excluding carboxylic acids is 1. The summed E-state index contributed by atoms with van der Waals surface area (Å²) in [6.07, 6.45) is 1.61. The Morgan fingerprint density at radius 2 is 1.92 bits per heavy atom. The highest BCUT2D eigenvalue weighted by Crippen LogP contribution is 2.25. The third kappa shape index (κ3) is 5.08. The molecule has 128 valence electrons. The fraction of sp³-hybridized carbons (Fsp3) is 0.167. The molecule has 0 fully saturated rings. The van der Waals surface area contributed by atoms with Crippen LogP contribution in [0.5, 0.6) is 0 Å². The lowest BCUT2D eigenvalue weighted by atomic mass is 10.2. The van der Waals surface area contributed by atoms with Gasteiger partial charge in [0.15, 0.2) is 0 Å². The highest BCUT2D eigenvalue weighted by atomic mass is 35.5. The lowest BCUT2D eigenvalue weighted by molar-refractivity contribution is -0.115. The fourth-order valence-corrected chi connectivity index (χ4v) is 3.17. The predicted octanol–water partition coefficient (Wildman–Crippen LogP) is 4.10. The van der Waals surface area contributed by atoms with Crippen LogP contribution in [0.1, 0.15) is 12.5 Å². The number of thioether (sulfide) groups is 1. The van der Waals surface area contributed by atoms with Crippen molar-refractivity contribution in [1.29, 1.82) is 0 Å². The second-order valence-corrected chi connectivity index (χ2v) is 7.31. The molecule has 2 aromatic carbocycles. The third-order valence-electron chi connectivity index (χ3n) is 3.45. The summed E-state index contributed by atoms with van der Waals surface area (Å²) >= 11 is 7.33. The van der Waals surface area contributed by atoms with Crippen LogP contribution in [0.15, 0.2) is 65.8 Å². The highest BCUT2D eigenvalue weighted by Gasteiger charge is 2.16. The Bertz CT molecular complexity index is 836. The van der Waals surface area contributed by atoms with Crippen LogP contribution in [-0.2, 0) is 11.3 Å². The average Bonchev–Trinajstić information content (AvgIpc) is 3.04. The summed E-state index contributed by atoms with van der Waals surface area (Å²) in [6.45, 7) is 2.45. The molecule has 0 saturated carbocycles. The van der Waals surface area contributed by atoms with E-state index in [1.807, 2.05) is 49.4 Å². The van der Waals surface area contributed by atoms with E-state index in [2.05, 4.69) is 15.4 Å². The van der Waals surface area contributed by atoms with Gasteiger partial charge in [0.25, 0.3) is 0 Å². The average molecular weight is 373 g/mol. The van der Waals surface area contributed by atoms with Crippen LogP contribution in [-0.4, -0.2) is 25.9 Å². The van der Waals surface area contributed by atoms with Crippen molar-refractivity contribution >= 4 is 35.2 Å². The van der Waals surface area contributed by atoms with Gasteiger partial charge >= 0.3 is 0 Å². The van der Waals surface area contributed by atoms with Gasteiger partial charge in [0.05, 0.1) is 11.8 Å². The minimum absolute atomic E-state index is 0.141. The van der Waals surface area contributed by atoms with Crippen molar-refractivity contribution in [1.82, 2.24) is 14.8 Å². The fourth-order valence-electron chi connectivity index (χ4n) is 2.18. The zero-order chi connectivity index (χ0) is 17.6. The molecule has 1 atom stereocenters. The molecule has 25 heavy (non-hydrogen) atoms. The van der Waals surface area contributed by atoms with E-state index in [9.17, 15) is 4.79 Å². The number of benzene rings is 2. The number of amides is 1. The van der Waals surface area contributed by atoms with Crippen molar-refractivity contribution in [3.05, 3.63) is 71.5 Å². The number of anilines is 1. The normalized spacial score (nSPS) is 11.9. The van der Waals surface area contributed by atoms with Crippen LogP contribution in [0, 0.1) is 0 Å². The zero-order valence-corrected chi connectivity index (χ0v) is 15.2. The summed E-state index contributed by atoms with van der Waals surface area (Å²) in [4.78, 5) is 17.4. The first-order chi connectivity index (χ1) is 12.1. The van der Waals surface area contributed by atoms with E-state index >= 15 is 0 Å². The molecule has 1 N–H and O–H groups in total. The molecule has 3 aromatic rings. The first kappa shape index (κ1) is 17.5. The lowest BCUT2D eigenvalue weighted by Crippen LogP contribution is -2.23. The van der Waals surface area contributed by atoms with Crippen molar-refractivity contribution in [2.24, 2.45) is 0 Å². The third-order valence-corrected chi connectivity index (χ3v) is 4.82. The SMILES string of the molecule is CC(Sc1ccc(Cl)cc1)C(=O)Nc1ncn(Cc2ccccc2)n1. The lowest BCUT2D eigenvalue weighted by Gasteiger charge is -2.10. The Morgan fingerprint density at radius 1 is 1.20 bits per heavy atom. The standard InChI is InChI=1S/C18H17ClN4OS/c1-13(25-16-9-7-15(19)8-10-16)17(24)21-18-20-12-23(22-18)11-14-5-3-2-4-6-14/h2-10,12-13H,11H2,1H3,(H,21,22,24). The first-order valence-corrected chi connectivity index (χ1v) is 9.02. The van der Waals surface area contributed by atoms with E-state index in [4.69, 9.17) is 11.6 Å². The number of nitrogens with zero attached hydrogens (tertiary/aromatic N) is 3. The van der Waals surface area contributed by atoms with Crippen molar-refractivity contribution in [3.63, 3.8) is 0 Å². The minimum Gasteiger partial charge on any atom is -0.292 e. The van der Waals surface area contributed by atoms with Gasteiger partial charge in [-0.1, -0.05) is 41.9 Å². The summed E-state index contributed by atoms with van der Waals surface area (Å²) in [5.41, 5.74) is 1.12. The van der Waals surface area contributed by atoms with E-state index in [0.717, 1.165) is 10.5 Å². The first-order valence-electron chi connectivity index (χ1n) is 7.76. The molecule has 1 heterocycles. The molecular weight excluding hydrogens is 356 g/mol. The van der Waals surface area contributed by atoms with Gasteiger partial charge in [0.1, 0.15) is 6.33 Å². The molecule has 0 aliphatic heterocycles. The smallest absolute Gasteiger partial charge is 0.248 e. The zero-order valence-electron chi connectivity index (χ0n) is 13.6. The Hall–Kier alpha value is -2.31. The maximum Gasteiger partial charge on any atom is 0.248 e. The van der Waals surface area contributed by atoms with Gasteiger partial charge in [0.2, 0.25) is 11.9 Å². The van der Waals surface area contributed by atoms with Gasteiger partial charge in [-0.2, -0.15) is 0 Å². The van der Waals surface area contributed by atoms with E-state index in [1.54, 1.807) is 23.1 Å². The Balaban J connectivity index is 1.56. The topological polar surface area (TPSA) is 59.8 Å². The molecule has 0 aliphatic carbocycles. The molecule has 0 aliphatic rings.